The van der Waals surface area contributed by atoms with Crippen LogP contribution in [-0.2, 0) is 4.74 Å². The lowest BCUT2D eigenvalue weighted by Gasteiger charge is -2.56. The van der Waals surface area contributed by atoms with Crippen molar-refractivity contribution in [2.24, 2.45) is 5.41 Å². The fourth-order valence-corrected chi connectivity index (χ4v) is 3.56. The predicted molar refractivity (Wildman–Crippen MR) is 78.5 cm³/mol. The Morgan fingerprint density at radius 2 is 2.27 bits per heavy atom. The Bertz CT molecular complexity index is 585. The van der Waals surface area contributed by atoms with Crippen LogP contribution in [0.5, 0.6) is 0 Å². The fraction of sp³-hybridized carbons (Fsp3) is 0.667. The van der Waals surface area contributed by atoms with Crippen LogP contribution in [-0.4, -0.2) is 57.8 Å². The first-order chi connectivity index (χ1) is 10.6. The Hall–Kier alpha value is -1.73. The second kappa shape index (κ2) is 5.81. The summed E-state index contributed by atoms with van der Waals surface area (Å²) in [4.78, 5) is 31.4. The summed E-state index contributed by atoms with van der Waals surface area (Å²) in [5.41, 5.74) is -0.289. The average molecular weight is 307 g/mol. The van der Waals surface area contributed by atoms with Crippen molar-refractivity contribution in [1.29, 1.82) is 0 Å². The van der Waals surface area contributed by atoms with Crippen molar-refractivity contribution in [2.75, 3.05) is 19.7 Å². The van der Waals surface area contributed by atoms with Crippen LogP contribution in [0.3, 0.4) is 0 Å². The summed E-state index contributed by atoms with van der Waals surface area (Å²) >= 11 is 0. The number of nitrogens with one attached hydrogen (secondary N) is 1. The van der Waals surface area contributed by atoms with Gasteiger partial charge in [0.1, 0.15) is 5.69 Å². The molecule has 0 bridgehead atoms. The van der Waals surface area contributed by atoms with Crippen LogP contribution in [0.15, 0.2) is 17.2 Å². The highest BCUT2D eigenvalue weighted by molar-refractivity contribution is 5.92. The molecule has 22 heavy (non-hydrogen) atoms. The highest BCUT2D eigenvalue weighted by atomic mass is 16.5. The molecule has 1 aliphatic heterocycles. The molecular weight excluding hydrogens is 286 g/mol. The molecular formula is C15H21N3O4. The minimum absolute atomic E-state index is 0.0935. The maximum Gasteiger partial charge on any atom is 0.273 e. The van der Waals surface area contributed by atoms with Gasteiger partial charge < -0.3 is 19.7 Å². The van der Waals surface area contributed by atoms with Crippen molar-refractivity contribution < 1.29 is 14.6 Å². The van der Waals surface area contributed by atoms with E-state index < -0.39 is 0 Å². The number of aliphatic hydroxyl groups is 1. The summed E-state index contributed by atoms with van der Waals surface area (Å²) in [6.45, 7) is 3.74. The summed E-state index contributed by atoms with van der Waals surface area (Å²) in [5, 5.41) is 10.2. The predicted octanol–water partition coefficient (Wildman–Crippen LogP) is 0.162. The third kappa shape index (κ3) is 2.44. The molecule has 1 aromatic heterocycles. The normalized spacial score (nSPS) is 26.7. The maximum absolute atomic E-state index is 12.4. The van der Waals surface area contributed by atoms with Crippen LogP contribution in [0.25, 0.3) is 0 Å². The number of likely N-dealkylation sites (tertiary alicyclic amines) is 1. The molecule has 0 radical (unpaired) electrons. The number of ether oxygens (including phenoxy) is 1. The highest BCUT2D eigenvalue weighted by Crippen LogP contribution is 2.50. The molecule has 1 saturated heterocycles. The summed E-state index contributed by atoms with van der Waals surface area (Å²) in [5.74, 6) is -0.187. The third-order valence-electron chi connectivity index (χ3n) is 4.98. The van der Waals surface area contributed by atoms with Crippen LogP contribution in [0.2, 0.25) is 0 Å². The number of piperidine rings is 1. The first kappa shape index (κ1) is 15.2. The first-order valence-corrected chi connectivity index (χ1v) is 7.70. The van der Waals surface area contributed by atoms with Gasteiger partial charge in [0.05, 0.1) is 18.4 Å². The molecule has 7 heteroatoms. The van der Waals surface area contributed by atoms with Crippen molar-refractivity contribution in [3.05, 3.63) is 28.4 Å². The van der Waals surface area contributed by atoms with Gasteiger partial charge in [-0.2, -0.15) is 0 Å². The summed E-state index contributed by atoms with van der Waals surface area (Å²) in [6, 6.07) is 0. The lowest BCUT2D eigenvalue weighted by molar-refractivity contribution is -0.207. The van der Waals surface area contributed by atoms with E-state index in [1.807, 2.05) is 6.92 Å². The number of aromatic nitrogens is 2. The van der Waals surface area contributed by atoms with E-state index in [1.54, 1.807) is 4.90 Å². The summed E-state index contributed by atoms with van der Waals surface area (Å²) in [7, 11) is 0. The van der Waals surface area contributed by atoms with Crippen LogP contribution in [0.1, 0.15) is 36.7 Å². The molecule has 1 saturated carbocycles. The molecule has 2 heterocycles. The Morgan fingerprint density at radius 1 is 1.55 bits per heavy atom. The minimum Gasteiger partial charge on any atom is -0.392 e. The molecule has 0 aromatic carbocycles. The molecule has 1 spiro atoms. The number of H-pyrrole nitrogens is 1. The Labute approximate surface area is 128 Å². The van der Waals surface area contributed by atoms with E-state index in [0.717, 1.165) is 19.0 Å². The SMILES string of the molecule is CCO[C@@H]1C[C@H](O)C12CCN(C(=O)c1c[nH]c(=O)cn1)CC2. The largest absolute Gasteiger partial charge is 0.392 e. The van der Waals surface area contributed by atoms with Gasteiger partial charge in [-0.3, -0.25) is 9.59 Å². The molecule has 1 aliphatic carbocycles. The number of amides is 1. The molecule has 2 fully saturated rings. The topological polar surface area (TPSA) is 95.5 Å². The van der Waals surface area contributed by atoms with Gasteiger partial charge in [0, 0.05) is 37.7 Å². The van der Waals surface area contributed by atoms with E-state index >= 15 is 0 Å². The van der Waals surface area contributed by atoms with Gasteiger partial charge in [0.2, 0.25) is 0 Å². The van der Waals surface area contributed by atoms with Crippen molar-refractivity contribution in [3.8, 4) is 0 Å². The zero-order valence-electron chi connectivity index (χ0n) is 12.6. The van der Waals surface area contributed by atoms with Crippen molar-refractivity contribution in [2.45, 2.75) is 38.4 Å². The Kier molecular flexibility index (Phi) is 4.01. The number of aromatic amines is 1. The fourth-order valence-electron chi connectivity index (χ4n) is 3.56. The van der Waals surface area contributed by atoms with Crippen LogP contribution < -0.4 is 5.56 Å². The molecule has 1 amide bonds. The molecule has 2 atom stereocenters. The van der Waals surface area contributed by atoms with Crippen molar-refractivity contribution >= 4 is 5.91 Å². The van der Waals surface area contributed by atoms with Gasteiger partial charge in [0.15, 0.2) is 0 Å². The maximum atomic E-state index is 12.4. The smallest absolute Gasteiger partial charge is 0.273 e. The first-order valence-electron chi connectivity index (χ1n) is 7.70. The van der Waals surface area contributed by atoms with E-state index in [0.29, 0.717) is 26.1 Å². The van der Waals surface area contributed by atoms with Gasteiger partial charge >= 0.3 is 0 Å². The van der Waals surface area contributed by atoms with Crippen LogP contribution in [0, 0.1) is 5.41 Å². The van der Waals surface area contributed by atoms with Gasteiger partial charge in [-0.05, 0) is 19.8 Å². The Balaban J connectivity index is 1.65. The van der Waals surface area contributed by atoms with Crippen LogP contribution in [0.4, 0.5) is 0 Å². The van der Waals surface area contributed by atoms with E-state index in [-0.39, 0.29) is 34.8 Å². The zero-order valence-corrected chi connectivity index (χ0v) is 12.6. The minimum atomic E-state index is -0.340. The lowest BCUT2D eigenvalue weighted by atomic mass is 9.58. The van der Waals surface area contributed by atoms with Gasteiger partial charge in [-0.25, -0.2) is 4.98 Å². The van der Waals surface area contributed by atoms with Crippen molar-refractivity contribution in [3.63, 3.8) is 0 Å². The molecule has 2 aliphatic rings. The lowest BCUT2D eigenvalue weighted by Crippen LogP contribution is -2.62. The van der Waals surface area contributed by atoms with Crippen molar-refractivity contribution in [1.82, 2.24) is 14.9 Å². The van der Waals surface area contributed by atoms with E-state index in [9.17, 15) is 14.7 Å². The second-order valence-electron chi connectivity index (χ2n) is 6.02. The number of hydrogen-bond acceptors (Lipinski definition) is 5. The molecule has 1 aromatic rings. The highest BCUT2D eigenvalue weighted by Gasteiger charge is 2.56. The number of hydrogen-bond donors (Lipinski definition) is 2. The Morgan fingerprint density at radius 3 is 2.82 bits per heavy atom. The summed E-state index contributed by atoms with van der Waals surface area (Å²) in [6.07, 6.45) is 4.35. The van der Waals surface area contributed by atoms with E-state index in [4.69, 9.17) is 4.74 Å². The average Bonchev–Trinajstić information content (AvgIpc) is 2.55. The summed E-state index contributed by atoms with van der Waals surface area (Å²) < 4.78 is 5.72. The standard InChI is InChI=1S/C15H21N3O4/c1-2-22-12-7-11(19)15(12)3-5-18(6-4-15)14(21)10-8-17-13(20)9-16-10/h8-9,11-12,19H,2-7H2,1H3,(H,17,20)/t11-,12+/m0/s1. The number of nitrogens with zero attached hydrogens (tertiary/aromatic N) is 2. The molecule has 0 unspecified atom stereocenters. The van der Waals surface area contributed by atoms with E-state index in [2.05, 4.69) is 9.97 Å². The number of rotatable bonds is 3. The van der Waals surface area contributed by atoms with Gasteiger partial charge in [0.25, 0.3) is 11.5 Å². The monoisotopic (exact) mass is 307 g/mol. The number of aliphatic hydroxyl groups excluding tert-OH is 1. The number of carbonyl (C=O) groups is 1. The zero-order chi connectivity index (χ0) is 15.7. The number of carbonyl (C=O) groups excluding carboxylic acids is 1. The quantitative estimate of drug-likeness (QED) is 0.829. The van der Waals surface area contributed by atoms with Gasteiger partial charge in [-0.15, -0.1) is 0 Å². The molecule has 7 nitrogen and oxygen atoms in total. The third-order valence-corrected chi connectivity index (χ3v) is 4.98. The molecule has 2 N–H and O–H groups in total. The van der Waals surface area contributed by atoms with E-state index in [1.165, 1.54) is 6.20 Å². The van der Waals surface area contributed by atoms with Crippen LogP contribution >= 0.6 is 0 Å². The van der Waals surface area contributed by atoms with Gasteiger partial charge in [-0.1, -0.05) is 0 Å². The molecule has 3 rings (SSSR count). The second-order valence-corrected chi connectivity index (χ2v) is 6.02. The molecule has 120 valence electrons.